The first-order valence-corrected chi connectivity index (χ1v) is 7.92. The van der Waals surface area contributed by atoms with E-state index in [0.717, 1.165) is 0 Å². The predicted molar refractivity (Wildman–Crippen MR) is 98.5 cm³/mol. The molecule has 0 unspecified atom stereocenters. The number of carbonyl (C=O) groups is 1. The summed E-state index contributed by atoms with van der Waals surface area (Å²) in [5.74, 6) is -0.0211. The molecule has 0 aliphatic carbocycles. The van der Waals surface area contributed by atoms with Crippen LogP contribution in [0.1, 0.15) is 10.4 Å². The second-order valence-corrected chi connectivity index (χ2v) is 5.84. The molecular formula is C17H12Cl2N4O2. The number of nitrogens with one attached hydrogen (secondary N) is 2. The van der Waals surface area contributed by atoms with Crippen molar-refractivity contribution in [1.82, 2.24) is 9.97 Å². The molecule has 0 amide bonds. The first-order chi connectivity index (χ1) is 12.0. The van der Waals surface area contributed by atoms with Crippen molar-refractivity contribution >= 4 is 52.2 Å². The minimum atomic E-state index is -0.998. The summed E-state index contributed by atoms with van der Waals surface area (Å²) < 4.78 is 0. The number of halogens is 2. The second kappa shape index (κ2) is 7.38. The topological polar surface area (TPSA) is 87.1 Å². The lowest BCUT2D eigenvalue weighted by molar-refractivity contribution is 0.0697. The minimum absolute atomic E-state index is 0.181. The van der Waals surface area contributed by atoms with Crippen LogP contribution in [0.5, 0.6) is 0 Å². The van der Waals surface area contributed by atoms with Crippen LogP contribution in [0.25, 0.3) is 0 Å². The van der Waals surface area contributed by atoms with E-state index >= 15 is 0 Å². The number of para-hydroxylation sites is 1. The number of rotatable bonds is 5. The molecule has 1 aromatic heterocycles. The van der Waals surface area contributed by atoms with Crippen molar-refractivity contribution in [3.63, 3.8) is 0 Å². The number of aromatic carboxylic acids is 1. The van der Waals surface area contributed by atoms with E-state index in [4.69, 9.17) is 28.3 Å². The van der Waals surface area contributed by atoms with Crippen molar-refractivity contribution in [1.29, 1.82) is 0 Å². The first-order valence-electron chi connectivity index (χ1n) is 7.16. The molecule has 0 radical (unpaired) electrons. The summed E-state index contributed by atoms with van der Waals surface area (Å²) in [6.07, 6.45) is 1.37. The Morgan fingerprint density at radius 3 is 2.24 bits per heavy atom. The van der Waals surface area contributed by atoms with Gasteiger partial charge in [0.25, 0.3) is 0 Å². The molecule has 126 valence electrons. The lowest BCUT2D eigenvalue weighted by atomic mass is 10.2. The smallest absolute Gasteiger partial charge is 0.335 e. The number of hydrogen-bond donors (Lipinski definition) is 3. The Balaban J connectivity index is 1.82. The third kappa shape index (κ3) is 4.17. The van der Waals surface area contributed by atoms with Crippen LogP contribution >= 0.6 is 23.2 Å². The zero-order chi connectivity index (χ0) is 17.8. The largest absolute Gasteiger partial charge is 0.478 e. The zero-order valence-corrected chi connectivity index (χ0v) is 14.2. The summed E-state index contributed by atoms with van der Waals surface area (Å²) in [6.45, 7) is 0. The van der Waals surface area contributed by atoms with Gasteiger partial charge in [-0.3, -0.25) is 0 Å². The average Bonchev–Trinajstić information content (AvgIpc) is 2.59. The van der Waals surface area contributed by atoms with E-state index in [0.29, 0.717) is 33.1 Å². The van der Waals surface area contributed by atoms with Crippen molar-refractivity contribution in [2.75, 3.05) is 10.6 Å². The van der Waals surface area contributed by atoms with Gasteiger partial charge in [-0.05, 0) is 30.3 Å². The Hall–Kier alpha value is -2.83. The molecule has 25 heavy (non-hydrogen) atoms. The molecule has 0 saturated carbocycles. The first kappa shape index (κ1) is 17.0. The fraction of sp³-hybridized carbons (Fsp3) is 0. The van der Waals surface area contributed by atoms with Gasteiger partial charge in [-0.15, -0.1) is 0 Å². The van der Waals surface area contributed by atoms with Gasteiger partial charge in [0.15, 0.2) is 0 Å². The average molecular weight is 375 g/mol. The van der Waals surface area contributed by atoms with Crippen molar-refractivity contribution < 1.29 is 9.90 Å². The maximum Gasteiger partial charge on any atom is 0.335 e. The number of carboxylic acids is 1. The van der Waals surface area contributed by atoms with Gasteiger partial charge in [0.2, 0.25) is 0 Å². The summed E-state index contributed by atoms with van der Waals surface area (Å²) in [5, 5.41) is 16.1. The lowest BCUT2D eigenvalue weighted by Gasteiger charge is -2.11. The standard InChI is InChI=1S/C17H12Cl2N4O2/c18-12-5-2-6-13(19)16(12)23-15-8-14(20-9-21-15)22-11-4-1-3-10(7-11)17(24)25/h1-9H,(H,24,25)(H2,20,21,22,23). The molecule has 8 heteroatoms. The van der Waals surface area contributed by atoms with Crippen LogP contribution in [0.2, 0.25) is 10.0 Å². The summed E-state index contributed by atoms with van der Waals surface area (Å²) in [7, 11) is 0. The van der Waals surface area contributed by atoms with E-state index in [-0.39, 0.29) is 5.56 Å². The van der Waals surface area contributed by atoms with E-state index in [1.807, 2.05) is 0 Å². The van der Waals surface area contributed by atoms with E-state index < -0.39 is 5.97 Å². The van der Waals surface area contributed by atoms with Crippen LogP contribution in [0.3, 0.4) is 0 Å². The molecule has 6 nitrogen and oxygen atoms in total. The third-order valence-corrected chi connectivity index (χ3v) is 3.89. The van der Waals surface area contributed by atoms with Crippen LogP contribution in [0, 0.1) is 0 Å². The third-order valence-electron chi connectivity index (χ3n) is 3.26. The molecule has 2 aromatic carbocycles. The Kier molecular flexibility index (Phi) is 5.02. The molecule has 3 N–H and O–H groups in total. The summed E-state index contributed by atoms with van der Waals surface area (Å²) >= 11 is 12.3. The molecule has 3 aromatic rings. The van der Waals surface area contributed by atoms with Gasteiger partial charge in [0, 0.05) is 11.8 Å². The van der Waals surface area contributed by atoms with Crippen molar-refractivity contribution in [2.24, 2.45) is 0 Å². The van der Waals surface area contributed by atoms with Crippen LogP contribution in [-0.2, 0) is 0 Å². The number of anilines is 4. The SMILES string of the molecule is O=C(O)c1cccc(Nc2cc(Nc3c(Cl)cccc3Cl)ncn2)c1. The van der Waals surface area contributed by atoms with E-state index in [1.165, 1.54) is 18.5 Å². The van der Waals surface area contributed by atoms with Gasteiger partial charge in [-0.25, -0.2) is 14.8 Å². The molecule has 0 fully saturated rings. The normalized spacial score (nSPS) is 10.3. The minimum Gasteiger partial charge on any atom is -0.478 e. The van der Waals surface area contributed by atoms with Crippen molar-refractivity contribution in [3.8, 4) is 0 Å². The highest BCUT2D eigenvalue weighted by Crippen LogP contribution is 2.32. The highest BCUT2D eigenvalue weighted by Gasteiger charge is 2.08. The maximum absolute atomic E-state index is 11.0. The van der Waals surface area contributed by atoms with Gasteiger partial charge in [-0.1, -0.05) is 35.3 Å². The molecule has 0 atom stereocenters. The van der Waals surface area contributed by atoms with Gasteiger partial charge in [0.05, 0.1) is 21.3 Å². The number of aromatic nitrogens is 2. The number of benzene rings is 2. The molecule has 0 spiro atoms. The molecule has 3 rings (SSSR count). The molecular weight excluding hydrogens is 363 g/mol. The van der Waals surface area contributed by atoms with Gasteiger partial charge in [-0.2, -0.15) is 0 Å². The molecule has 1 heterocycles. The lowest BCUT2D eigenvalue weighted by Crippen LogP contribution is -2.01. The van der Waals surface area contributed by atoms with Crippen molar-refractivity contribution in [2.45, 2.75) is 0 Å². The van der Waals surface area contributed by atoms with E-state index in [9.17, 15) is 4.79 Å². The molecule has 0 aliphatic heterocycles. The zero-order valence-electron chi connectivity index (χ0n) is 12.7. The Bertz CT molecular complexity index is 914. The van der Waals surface area contributed by atoms with Gasteiger partial charge in [0.1, 0.15) is 18.0 Å². The van der Waals surface area contributed by atoms with Crippen LogP contribution in [0.15, 0.2) is 54.9 Å². The quantitative estimate of drug-likeness (QED) is 0.584. The number of carboxylic acid groups (broad SMARTS) is 1. The van der Waals surface area contributed by atoms with Gasteiger partial charge >= 0.3 is 5.97 Å². The van der Waals surface area contributed by atoms with Crippen LogP contribution < -0.4 is 10.6 Å². The highest BCUT2D eigenvalue weighted by molar-refractivity contribution is 6.39. The predicted octanol–water partition coefficient (Wildman–Crippen LogP) is 4.97. The molecule has 0 saturated heterocycles. The Labute approximate surface area is 153 Å². The Morgan fingerprint density at radius 1 is 0.920 bits per heavy atom. The van der Waals surface area contributed by atoms with Crippen molar-refractivity contribution in [3.05, 3.63) is 70.5 Å². The fourth-order valence-electron chi connectivity index (χ4n) is 2.12. The van der Waals surface area contributed by atoms with Crippen LogP contribution in [-0.4, -0.2) is 21.0 Å². The van der Waals surface area contributed by atoms with Gasteiger partial charge < -0.3 is 15.7 Å². The second-order valence-electron chi connectivity index (χ2n) is 5.02. The number of nitrogens with zero attached hydrogens (tertiary/aromatic N) is 2. The fourth-order valence-corrected chi connectivity index (χ4v) is 2.61. The Morgan fingerprint density at radius 2 is 1.56 bits per heavy atom. The molecule has 0 aliphatic rings. The maximum atomic E-state index is 11.0. The summed E-state index contributed by atoms with van der Waals surface area (Å²) in [6, 6.07) is 13.3. The van der Waals surface area contributed by atoms with E-state index in [1.54, 1.807) is 36.4 Å². The van der Waals surface area contributed by atoms with E-state index in [2.05, 4.69) is 20.6 Å². The van der Waals surface area contributed by atoms with Crippen LogP contribution in [0.4, 0.5) is 23.0 Å². The monoisotopic (exact) mass is 374 g/mol. The highest BCUT2D eigenvalue weighted by atomic mass is 35.5. The molecule has 0 bridgehead atoms. The summed E-state index contributed by atoms with van der Waals surface area (Å²) in [4.78, 5) is 19.3. The summed E-state index contributed by atoms with van der Waals surface area (Å²) in [5.41, 5.74) is 1.32. The number of hydrogen-bond acceptors (Lipinski definition) is 5.